The minimum Gasteiger partial charge on any atom is -0.405 e. The lowest BCUT2D eigenvalue weighted by Gasteiger charge is -2.27. The van der Waals surface area contributed by atoms with Crippen molar-refractivity contribution in [3.05, 3.63) is 110 Å². The Kier molecular flexibility index (Phi) is 34.3. The summed E-state index contributed by atoms with van der Waals surface area (Å²) in [7, 11) is 2.17. The van der Waals surface area contributed by atoms with Gasteiger partial charge in [0.1, 0.15) is 11.6 Å². The zero-order chi connectivity index (χ0) is 51.4. The maximum absolute atomic E-state index is 12.9. The second-order valence-electron chi connectivity index (χ2n) is 16.9. The number of hydrogen-bond acceptors (Lipinski definition) is 6. The molecule has 0 spiro atoms. The molecule has 5 N–H and O–H groups in total. The van der Waals surface area contributed by atoms with E-state index in [9.17, 15) is 4.79 Å². The van der Waals surface area contributed by atoms with Crippen LogP contribution in [0.15, 0.2) is 86.9 Å². The van der Waals surface area contributed by atoms with Gasteiger partial charge < -0.3 is 25.9 Å². The van der Waals surface area contributed by atoms with E-state index in [0.717, 1.165) is 79.0 Å². The third-order valence-electron chi connectivity index (χ3n) is 11.7. The highest BCUT2D eigenvalue weighted by Crippen LogP contribution is 2.36. The van der Waals surface area contributed by atoms with Crippen molar-refractivity contribution in [2.45, 2.75) is 185 Å². The Bertz CT molecular complexity index is 2140. The second kappa shape index (κ2) is 37.4. The first-order valence-corrected chi connectivity index (χ1v) is 25.7. The van der Waals surface area contributed by atoms with Gasteiger partial charge in [0.2, 0.25) is 5.91 Å². The summed E-state index contributed by atoms with van der Waals surface area (Å²) in [5.41, 5.74) is 14.0. The molecule has 3 aromatic carbocycles. The highest BCUT2D eigenvalue weighted by atomic mass is 16.2. The Labute approximate surface area is 415 Å². The molecule has 0 bridgehead atoms. The van der Waals surface area contributed by atoms with E-state index in [4.69, 9.17) is 4.98 Å². The number of benzene rings is 3. The highest BCUT2D eigenvalue weighted by molar-refractivity contribution is 6.06. The van der Waals surface area contributed by atoms with Crippen molar-refractivity contribution in [1.29, 1.82) is 0 Å². The van der Waals surface area contributed by atoms with Gasteiger partial charge in [0.05, 0.1) is 42.6 Å². The van der Waals surface area contributed by atoms with E-state index in [-0.39, 0.29) is 18.5 Å². The van der Waals surface area contributed by atoms with Crippen LogP contribution in [0.2, 0.25) is 0 Å². The highest BCUT2D eigenvalue weighted by Gasteiger charge is 2.21. The molecule has 0 radical (unpaired) electrons. The lowest BCUT2D eigenvalue weighted by atomic mass is 9.88. The fourth-order valence-corrected chi connectivity index (χ4v) is 7.55. The number of terminal acetylenes is 1. The Morgan fingerprint density at radius 2 is 1.41 bits per heavy atom. The second-order valence-corrected chi connectivity index (χ2v) is 16.9. The number of aromatic nitrogens is 4. The van der Waals surface area contributed by atoms with Crippen LogP contribution in [-0.2, 0) is 30.7 Å². The van der Waals surface area contributed by atoms with Gasteiger partial charge in [-0.25, -0.2) is 9.97 Å². The van der Waals surface area contributed by atoms with Crippen LogP contribution >= 0.6 is 0 Å². The van der Waals surface area contributed by atoms with Gasteiger partial charge in [0.15, 0.2) is 0 Å². The van der Waals surface area contributed by atoms with Gasteiger partial charge in [-0.1, -0.05) is 151 Å². The van der Waals surface area contributed by atoms with E-state index in [1.807, 2.05) is 31.0 Å². The summed E-state index contributed by atoms with van der Waals surface area (Å²) in [4.78, 5) is 34.0. The molecule has 0 saturated heterocycles. The van der Waals surface area contributed by atoms with Crippen LogP contribution in [0.5, 0.6) is 0 Å². The van der Waals surface area contributed by atoms with Crippen LogP contribution in [0.3, 0.4) is 0 Å². The average molecular weight is 931 g/mol. The van der Waals surface area contributed by atoms with Crippen molar-refractivity contribution in [3.63, 3.8) is 0 Å². The molecule has 1 fully saturated rings. The van der Waals surface area contributed by atoms with Gasteiger partial charge in [-0.15, -0.1) is 19.4 Å². The molecule has 9 heteroatoms. The number of imidazole rings is 2. The van der Waals surface area contributed by atoms with E-state index in [1.165, 1.54) is 84.2 Å². The number of allylic oxidation sites excluding steroid dienone is 1. The van der Waals surface area contributed by atoms with Crippen molar-refractivity contribution < 1.29 is 4.79 Å². The van der Waals surface area contributed by atoms with Crippen LogP contribution in [0, 0.1) is 12.8 Å². The SMILES string of the molecule is C#C.C1CCCCC1.C=CCC.C=CN.C=CNCC(=O)N(Cc1ncc(-c2ccc(-c3cc4ccc5[nH]c(CN(C)[C@@H](C)CC)nc5c4cc3CCC)c(CC)c2)[nH]1)[C@@H](C)CC.CC.CCC. The molecule has 2 heterocycles. The summed E-state index contributed by atoms with van der Waals surface area (Å²) in [6, 6.07) is 16.5. The predicted molar refractivity (Wildman–Crippen MR) is 299 cm³/mol. The van der Waals surface area contributed by atoms with Crippen molar-refractivity contribution >= 4 is 27.7 Å². The largest absolute Gasteiger partial charge is 0.405 e. The van der Waals surface area contributed by atoms with E-state index in [2.05, 4.69) is 175 Å². The zero-order valence-corrected chi connectivity index (χ0v) is 44.9. The molecule has 0 aliphatic heterocycles. The van der Waals surface area contributed by atoms with Crippen molar-refractivity contribution in [3.8, 4) is 35.2 Å². The molecular weight excluding hydrogens is 837 g/mol. The first-order chi connectivity index (χ1) is 32.9. The minimum absolute atomic E-state index is 0.0285. The molecule has 2 aromatic heterocycles. The monoisotopic (exact) mass is 931 g/mol. The number of nitrogens with zero attached hydrogens (tertiary/aromatic N) is 4. The number of hydrogen-bond donors (Lipinski definition) is 4. The van der Waals surface area contributed by atoms with Crippen LogP contribution < -0.4 is 11.1 Å². The third kappa shape index (κ3) is 20.7. The molecule has 0 unspecified atom stereocenters. The van der Waals surface area contributed by atoms with Crippen LogP contribution in [0.4, 0.5) is 0 Å². The Balaban J connectivity index is 0.00000190. The van der Waals surface area contributed by atoms with Gasteiger partial charge in [-0.2, -0.15) is 0 Å². The molecule has 6 rings (SSSR count). The van der Waals surface area contributed by atoms with Gasteiger partial charge in [0.25, 0.3) is 0 Å². The van der Waals surface area contributed by atoms with E-state index < -0.39 is 0 Å². The topological polar surface area (TPSA) is 119 Å². The smallest absolute Gasteiger partial charge is 0.242 e. The summed E-state index contributed by atoms with van der Waals surface area (Å²) in [6.07, 6.45) is 30.8. The molecule has 1 aliphatic rings. The van der Waals surface area contributed by atoms with E-state index >= 15 is 0 Å². The number of fused-ring (bicyclic) bond motifs is 3. The summed E-state index contributed by atoms with van der Waals surface area (Å²) in [5, 5.41) is 5.35. The number of rotatable bonds is 17. The summed E-state index contributed by atoms with van der Waals surface area (Å²) >= 11 is 0. The maximum Gasteiger partial charge on any atom is 0.242 e. The minimum atomic E-state index is 0.0285. The van der Waals surface area contributed by atoms with Crippen molar-refractivity contribution in [2.24, 2.45) is 5.73 Å². The van der Waals surface area contributed by atoms with Crippen molar-refractivity contribution in [1.82, 2.24) is 35.1 Å². The zero-order valence-electron chi connectivity index (χ0n) is 44.9. The van der Waals surface area contributed by atoms with Gasteiger partial charge in [-0.3, -0.25) is 9.69 Å². The standard InChI is InChI=1S/C40H53N7O.C6H12.C4H8.C3H8.C2H5N.C2H6.C2H2/c1-9-14-29-21-34-30(16-18-35-40(34)45-38(43-35)24-46(8)26(6)10-2)20-33(29)32-17-15-31(19-28(32)12-4)36-22-42-37(44-36)25-47(27(7)11-3)39(48)23-41-13-5;1-2-4-6-5-3-1;1-3-4-2;1-3-2;1-2-3;2*1-2/h13,15-22,26-27,41H,5,9-12,14,23-25H2,1-4,6-8H3,(H,42,44)(H,43,45);1-6H2;3H,1,4H2,2H3;3H2,1-2H3;2H,1,3H2;1-2H3;1-2H/t26-,27-;;;;;;/m0....../s1. The Hall–Kier alpha value is -5.59. The number of H-pyrrole nitrogens is 2. The molecule has 9 nitrogen and oxygen atoms in total. The molecular formula is C59H94N8O. The summed E-state index contributed by atoms with van der Waals surface area (Å²) in [5.74, 6) is 1.82. The predicted octanol–water partition coefficient (Wildman–Crippen LogP) is 15.1. The first-order valence-electron chi connectivity index (χ1n) is 25.7. The number of nitrogens with two attached hydrogens (primary N) is 1. The molecule has 5 aromatic rings. The molecule has 1 saturated carbocycles. The number of nitrogens with one attached hydrogen (secondary N) is 3. The van der Waals surface area contributed by atoms with E-state index in [0.29, 0.717) is 12.6 Å². The molecule has 68 heavy (non-hydrogen) atoms. The fourth-order valence-electron chi connectivity index (χ4n) is 7.55. The van der Waals surface area contributed by atoms with Gasteiger partial charge in [-0.05, 0) is 123 Å². The van der Waals surface area contributed by atoms with Crippen LogP contribution in [0.1, 0.15) is 170 Å². The number of aromatic amines is 2. The number of carbonyl (C=O) groups excluding carboxylic acids is 1. The molecule has 376 valence electrons. The van der Waals surface area contributed by atoms with Gasteiger partial charge >= 0.3 is 0 Å². The lowest BCUT2D eigenvalue weighted by Crippen LogP contribution is -2.42. The summed E-state index contributed by atoms with van der Waals surface area (Å²) < 4.78 is 0. The molecule has 1 amide bonds. The Morgan fingerprint density at radius 3 is 1.93 bits per heavy atom. The van der Waals surface area contributed by atoms with Crippen molar-refractivity contribution in [2.75, 3.05) is 13.6 Å². The summed E-state index contributed by atoms with van der Waals surface area (Å²) in [6.45, 7) is 35.2. The number of carbonyl (C=O) groups is 1. The van der Waals surface area contributed by atoms with Crippen LogP contribution in [-0.4, -0.2) is 61.3 Å². The normalized spacial score (nSPS) is 12.2. The van der Waals surface area contributed by atoms with Gasteiger partial charge in [0, 0.05) is 17.5 Å². The lowest BCUT2D eigenvalue weighted by molar-refractivity contribution is -0.132. The third-order valence-corrected chi connectivity index (χ3v) is 11.7. The quantitative estimate of drug-likeness (QED) is 0.0545. The first kappa shape index (κ1) is 62.4. The molecule has 2 atom stereocenters. The average Bonchev–Trinajstić information content (AvgIpc) is 4.04. The Morgan fingerprint density at radius 1 is 0.824 bits per heavy atom. The molecule has 1 aliphatic carbocycles. The number of amides is 1. The van der Waals surface area contributed by atoms with Crippen LogP contribution in [0.25, 0.3) is 44.2 Å². The fraction of sp³-hybridized carbons (Fsp3) is 0.508. The van der Waals surface area contributed by atoms with E-state index in [1.54, 1.807) is 6.20 Å². The maximum atomic E-state index is 12.9. The number of aryl methyl sites for hydroxylation is 2.